The van der Waals surface area contributed by atoms with Crippen molar-refractivity contribution in [3.63, 3.8) is 0 Å². The van der Waals surface area contributed by atoms with Crippen LogP contribution in [0.4, 0.5) is 5.82 Å². The van der Waals surface area contributed by atoms with Crippen LogP contribution in [0.2, 0.25) is 0 Å². The van der Waals surface area contributed by atoms with Crippen LogP contribution in [-0.2, 0) is 0 Å². The fourth-order valence-corrected chi connectivity index (χ4v) is 2.01. The Kier molecular flexibility index (Phi) is 3.02. The predicted molar refractivity (Wildman–Crippen MR) is 58.7 cm³/mol. The molecular formula is C11H14N4O. The summed E-state index contributed by atoms with van der Waals surface area (Å²) in [5.41, 5.74) is 0.352. The molecule has 0 spiro atoms. The number of anilines is 1. The quantitative estimate of drug-likeness (QED) is 0.802. The molecule has 1 aliphatic rings. The average molecular weight is 218 g/mol. The van der Waals surface area contributed by atoms with E-state index in [4.69, 9.17) is 5.26 Å². The summed E-state index contributed by atoms with van der Waals surface area (Å²) in [6, 6.07) is 2.03. The molecule has 0 amide bonds. The SMILES string of the molecule is CN(CC1CC(O)C1)c1nccnc1C#N. The highest BCUT2D eigenvalue weighted by Crippen LogP contribution is 2.28. The summed E-state index contributed by atoms with van der Waals surface area (Å²) in [4.78, 5) is 10.1. The van der Waals surface area contributed by atoms with E-state index >= 15 is 0 Å². The lowest BCUT2D eigenvalue weighted by atomic mass is 9.82. The fourth-order valence-electron chi connectivity index (χ4n) is 2.01. The van der Waals surface area contributed by atoms with Gasteiger partial charge in [0.1, 0.15) is 6.07 Å². The van der Waals surface area contributed by atoms with Crippen molar-refractivity contribution in [3.8, 4) is 6.07 Å². The van der Waals surface area contributed by atoms with E-state index < -0.39 is 0 Å². The second-order valence-corrected chi connectivity index (χ2v) is 4.21. The Labute approximate surface area is 94.4 Å². The Morgan fingerprint density at radius 1 is 1.50 bits per heavy atom. The maximum Gasteiger partial charge on any atom is 0.183 e. The molecular weight excluding hydrogens is 204 g/mol. The van der Waals surface area contributed by atoms with Crippen molar-refractivity contribution in [2.24, 2.45) is 5.92 Å². The summed E-state index contributed by atoms with van der Waals surface area (Å²) in [5.74, 6) is 1.11. The van der Waals surface area contributed by atoms with E-state index in [2.05, 4.69) is 9.97 Å². The molecule has 1 N–H and O–H groups in total. The molecule has 84 valence electrons. The van der Waals surface area contributed by atoms with Crippen molar-refractivity contribution >= 4 is 5.82 Å². The predicted octanol–water partition coefficient (Wildman–Crippen LogP) is 0.555. The molecule has 1 aromatic heterocycles. The van der Waals surface area contributed by atoms with Crippen LogP contribution in [0, 0.1) is 17.2 Å². The second kappa shape index (κ2) is 4.45. The third-order valence-electron chi connectivity index (χ3n) is 2.89. The van der Waals surface area contributed by atoms with Crippen molar-refractivity contribution in [2.45, 2.75) is 18.9 Å². The van der Waals surface area contributed by atoms with Crippen LogP contribution in [0.3, 0.4) is 0 Å². The number of nitriles is 1. The maximum atomic E-state index is 9.20. The van der Waals surface area contributed by atoms with Gasteiger partial charge in [0.05, 0.1) is 6.10 Å². The Hall–Kier alpha value is -1.67. The lowest BCUT2D eigenvalue weighted by Crippen LogP contribution is -2.37. The first-order valence-corrected chi connectivity index (χ1v) is 5.31. The Balaban J connectivity index is 2.03. The summed E-state index contributed by atoms with van der Waals surface area (Å²) >= 11 is 0. The first-order valence-electron chi connectivity index (χ1n) is 5.31. The molecule has 1 heterocycles. The zero-order valence-electron chi connectivity index (χ0n) is 9.17. The standard InChI is InChI=1S/C11H14N4O/c1-15(7-8-4-9(16)5-8)11-10(6-12)13-2-3-14-11/h2-3,8-9,16H,4-5,7H2,1H3. The number of aromatic nitrogens is 2. The molecule has 1 fully saturated rings. The number of aliphatic hydroxyl groups is 1. The molecule has 1 aromatic rings. The van der Waals surface area contributed by atoms with Gasteiger partial charge < -0.3 is 10.0 Å². The normalized spacial score (nSPS) is 23.3. The zero-order chi connectivity index (χ0) is 11.5. The monoisotopic (exact) mass is 218 g/mol. The summed E-state index contributed by atoms with van der Waals surface area (Å²) in [6.07, 6.45) is 4.64. The van der Waals surface area contributed by atoms with E-state index in [0.29, 0.717) is 17.4 Å². The molecule has 0 saturated heterocycles. The number of hydrogen-bond donors (Lipinski definition) is 1. The van der Waals surface area contributed by atoms with Gasteiger partial charge in [0.15, 0.2) is 11.5 Å². The highest BCUT2D eigenvalue weighted by molar-refractivity contribution is 5.48. The van der Waals surface area contributed by atoms with E-state index in [1.54, 1.807) is 6.20 Å². The van der Waals surface area contributed by atoms with E-state index in [9.17, 15) is 5.11 Å². The van der Waals surface area contributed by atoms with Gasteiger partial charge in [-0.2, -0.15) is 5.26 Å². The summed E-state index contributed by atoms with van der Waals surface area (Å²) in [7, 11) is 1.90. The van der Waals surface area contributed by atoms with Crippen LogP contribution in [0.25, 0.3) is 0 Å². The molecule has 2 rings (SSSR count). The van der Waals surface area contributed by atoms with E-state index in [-0.39, 0.29) is 6.10 Å². The number of hydrogen-bond acceptors (Lipinski definition) is 5. The lowest BCUT2D eigenvalue weighted by Gasteiger charge is -2.34. The molecule has 5 nitrogen and oxygen atoms in total. The van der Waals surface area contributed by atoms with E-state index in [1.165, 1.54) is 6.20 Å². The molecule has 0 aliphatic heterocycles. The van der Waals surface area contributed by atoms with Gasteiger partial charge in [-0.05, 0) is 18.8 Å². The van der Waals surface area contributed by atoms with Crippen molar-refractivity contribution in [1.29, 1.82) is 5.26 Å². The van der Waals surface area contributed by atoms with Gasteiger partial charge in [0.2, 0.25) is 0 Å². The number of rotatable bonds is 3. The zero-order valence-corrected chi connectivity index (χ0v) is 9.17. The maximum absolute atomic E-state index is 9.20. The van der Waals surface area contributed by atoms with Gasteiger partial charge in [0.25, 0.3) is 0 Å². The first kappa shape index (κ1) is 10.8. The highest BCUT2D eigenvalue weighted by Gasteiger charge is 2.28. The van der Waals surface area contributed by atoms with Gasteiger partial charge >= 0.3 is 0 Å². The Bertz CT molecular complexity index is 409. The third-order valence-corrected chi connectivity index (χ3v) is 2.89. The van der Waals surface area contributed by atoms with E-state index in [1.807, 2.05) is 18.0 Å². The largest absolute Gasteiger partial charge is 0.393 e. The van der Waals surface area contributed by atoms with Crippen LogP contribution >= 0.6 is 0 Å². The van der Waals surface area contributed by atoms with Gasteiger partial charge in [-0.15, -0.1) is 0 Å². The second-order valence-electron chi connectivity index (χ2n) is 4.21. The van der Waals surface area contributed by atoms with Gasteiger partial charge in [-0.3, -0.25) is 0 Å². The van der Waals surface area contributed by atoms with Gasteiger partial charge in [-0.25, -0.2) is 9.97 Å². The molecule has 0 radical (unpaired) electrons. The summed E-state index contributed by atoms with van der Waals surface area (Å²) in [6.45, 7) is 0.810. The van der Waals surface area contributed by atoms with Crippen LogP contribution in [0.1, 0.15) is 18.5 Å². The van der Waals surface area contributed by atoms with Crippen molar-refractivity contribution in [2.75, 3.05) is 18.5 Å². The minimum absolute atomic E-state index is 0.143. The molecule has 0 atom stereocenters. The first-order chi connectivity index (χ1) is 7.70. The van der Waals surface area contributed by atoms with Crippen LogP contribution in [-0.4, -0.2) is 34.8 Å². The minimum atomic E-state index is -0.143. The van der Waals surface area contributed by atoms with Crippen LogP contribution in [0.5, 0.6) is 0 Å². The molecule has 0 bridgehead atoms. The van der Waals surface area contributed by atoms with Gasteiger partial charge in [-0.1, -0.05) is 0 Å². The average Bonchev–Trinajstić information content (AvgIpc) is 2.27. The van der Waals surface area contributed by atoms with Gasteiger partial charge in [0, 0.05) is 26.0 Å². The van der Waals surface area contributed by atoms with E-state index in [0.717, 1.165) is 19.4 Å². The number of aliphatic hydroxyl groups excluding tert-OH is 1. The highest BCUT2D eigenvalue weighted by atomic mass is 16.3. The lowest BCUT2D eigenvalue weighted by molar-refractivity contribution is 0.0464. The molecule has 0 aromatic carbocycles. The summed E-state index contributed by atoms with van der Waals surface area (Å²) in [5, 5.41) is 18.1. The smallest absolute Gasteiger partial charge is 0.183 e. The summed E-state index contributed by atoms with van der Waals surface area (Å²) < 4.78 is 0. The molecule has 1 saturated carbocycles. The van der Waals surface area contributed by atoms with Crippen LogP contribution in [0.15, 0.2) is 12.4 Å². The van der Waals surface area contributed by atoms with Crippen molar-refractivity contribution in [1.82, 2.24) is 9.97 Å². The topological polar surface area (TPSA) is 73.0 Å². The Morgan fingerprint density at radius 2 is 2.19 bits per heavy atom. The van der Waals surface area contributed by atoms with Crippen molar-refractivity contribution < 1.29 is 5.11 Å². The minimum Gasteiger partial charge on any atom is -0.393 e. The van der Waals surface area contributed by atoms with Crippen LogP contribution < -0.4 is 4.90 Å². The van der Waals surface area contributed by atoms with Crippen molar-refractivity contribution in [3.05, 3.63) is 18.1 Å². The molecule has 1 aliphatic carbocycles. The molecule has 5 heteroatoms. The Morgan fingerprint density at radius 3 is 2.81 bits per heavy atom. The molecule has 0 unspecified atom stereocenters. The fraction of sp³-hybridized carbons (Fsp3) is 0.545. The number of nitrogens with zero attached hydrogens (tertiary/aromatic N) is 4. The third kappa shape index (κ3) is 2.12. The molecule has 16 heavy (non-hydrogen) atoms.